The fraction of sp³-hybridized carbons (Fsp3) is 0.500. The SMILES string of the molecule is CCOc1ccc(CN2CCC(C(NC(=O)COC)c3ccccn3)CC2)cc1OC.Cl. The third-order valence-corrected chi connectivity index (χ3v) is 5.64. The van der Waals surface area contributed by atoms with Gasteiger partial charge in [0.25, 0.3) is 0 Å². The van der Waals surface area contributed by atoms with Crippen LogP contribution in [0.15, 0.2) is 42.6 Å². The number of hydrogen-bond donors (Lipinski definition) is 1. The smallest absolute Gasteiger partial charge is 0.246 e. The zero-order valence-corrected chi connectivity index (χ0v) is 19.9. The van der Waals surface area contributed by atoms with Crippen LogP contribution >= 0.6 is 12.4 Å². The lowest BCUT2D eigenvalue weighted by Gasteiger charge is -2.36. The number of hydrogen-bond acceptors (Lipinski definition) is 6. The Morgan fingerprint density at radius 2 is 1.97 bits per heavy atom. The highest BCUT2D eigenvalue weighted by atomic mass is 35.5. The zero-order valence-electron chi connectivity index (χ0n) is 19.1. The van der Waals surface area contributed by atoms with Gasteiger partial charge in [0.2, 0.25) is 5.91 Å². The van der Waals surface area contributed by atoms with Gasteiger partial charge in [-0.05, 0) is 68.6 Å². The molecule has 32 heavy (non-hydrogen) atoms. The first kappa shape index (κ1) is 25.9. The number of rotatable bonds is 10. The van der Waals surface area contributed by atoms with E-state index in [1.165, 1.54) is 12.7 Å². The molecular weight excluding hydrogens is 430 g/mol. The summed E-state index contributed by atoms with van der Waals surface area (Å²) in [6, 6.07) is 11.9. The Morgan fingerprint density at radius 3 is 2.59 bits per heavy atom. The standard InChI is InChI=1S/C24H33N3O4.ClH/c1-4-31-21-9-8-18(15-22(21)30-3)16-27-13-10-19(11-14-27)24(26-23(28)17-29-2)20-7-5-6-12-25-20;/h5-9,12,15,19,24H,4,10-11,13-14,16-17H2,1-3H3,(H,26,28);1H. The van der Waals surface area contributed by atoms with Gasteiger partial charge in [0.15, 0.2) is 11.5 Å². The van der Waals surface area contributed by atoms with E-state index in [1.54, 1.807) is 13.3 Å². The molecule has 2 aromatic rings. The van der Waals surface area contributed by atoms with E-state index >= 15 is 0 Å². The Bertz CT molecular complexity index is 829. The molecule has 176 valence electrons. The number of amides is 1. The lowest BCUT2D eigenvalue weighted by Crippen LogP contribution is -2.41. The number of pyridine rings is 1. The summed E-state index contributed by atoms with van der Waals surface area (Å²) >= 11 is 0. The van der Waals surface area contributed by atoms with Crippen molar-refractivity contribution < 1.29 is 19.0 Å². The molecule has 0 aliphatic carbocycles. The Kier molecular flexibility index (Phi) is 10.7. The lowest BCUT2D eigenvalue weighted by atomic mass is 9.87. The van der Waals surface area contributed by atoms with Gasteiger partial charge in [0.1, 0.15) is 6.61 Å². The number of likely N-dealkylation sites (tertiary alicyclic amines) is 1. The molecule has 1 fully saturated rings. The van der Waals surface area contributed by atoms with Gasteiger partial charge in [-0.1, -0.05) is 12.1 Å². The van der Waals surface area contributed by atoms with Crippen molar-refractivity contribution in [1.29, 1.82) is 0 Å². The molecule has 2 heterocycles. The van der Waals surface area contributed by atoms with Crippen LogP contribution in [0.2, 0.25) is 0 Å². The highest BCUT2D eigenvalue weighted by Gasteiger charge is 2.29. The third kappa shape index (κ3) is 7.08. The van der Waals surface area contributed by atoms with Crippen molar-refractivity contribution in [3.63, 3.8) is 0 Å². The van der Waals surface area contributed by atoms with Crippen molar-refractivity contribution in [2.45, 2.75) is 32.4 Å². The lowest BCUT2D eigenvalue weighted by molar-refractivity contribution is -0.126. The fourth-order valence-electron chi connectivity index (χ4n) is 4.13. The first-order valence-corrected chi connectivity index (χ1v) is 10.9. The number of nitrogens with one attached hydrogen (secondary N) is 1. The van der Waals surface area contributed by atoms with Crippen molar-refractivity contribution >= 4 is 18.3 Å². The first-order chi connectivity index (χ1) is 15.1. The number of carbonyl (C=O) groups is 1. The molecule has 1 aromatic heterocycles. The van der Waals surface area contributed by atoms with Gasteiger partial charge in [-0.15, -0.1) is 12.4 Å². The molecule has 1 aromatic carbocycles. The van der Waals surface area contributed by atoms with Crippen LogP contribution in [0.4, 0.5) is 0 Å². The Labute approximate surface area is 196 Å². The van der Waals surface area contributed by atoms with E-state index in [4.69, 9.17) is 14.2 Å². The Balaban J connectivity index is 0.00000363. The summed E-state index contributed by atoms with van der Waals surface area (Å²) in [5.41, 5.74) is 2.11. The molecule has 0 radical (unpaired) electrons. The van der Waals surface area contributed by atoms with Gasteiger partial charge in [-0.25, -0.2) is 0 Å². The first-order valence-electron chi connectivity index (χ1n) is 10.9. The number of carbonyl (C=O) groups excluding carboxylic acids is 1. The van der Waals surface area contributed by atoms with E-state index in [1.807, 2.05) is 31.2 Å². The number of nitrogens with zero attached hydrogens (tertiary/aromatic N) is 2. The highest BCUT2D eigenvalue weighted by Crippen LogP contribution is 2.32. The summed E-state index contributed by atoms with van der Waals surface area (Å²) in [6.07, 6.45) is 3.75. The molecular formula is C24H34ClN3O4. The molecule has 8 heteroatoms. The normalized spacial score (nSPS) is 15.5. The minimum atomic E-state index is -0.109. The second-order valence-corrected chi connectivity index (χ2v) is 7.76. The van der Waals surface area contributed by atoms with E-state index < -0.39 is 0 Å². The predicted molar refractivity (Wildman–Crippen MR) is 126 cm³/mol. The van der Waals surface area contributed by atoms with Gasteiger partial charge in [0, 0.05) is 19.9 Å². The number of aromatic nitrogens is 1. The molecule has 1 atom stereocenters. The van der Waals surface area contributed by atoms with Crippen LogP contribution in [0.5, 0.6) is 11.5 Å². The predicted octanol–water partition coefficient (Wildman–Crippen LogP) is 3.63. The van der Waals surface area contributed by atoms with Crippen LogP contribution in [0.1, 0.15) is 37.1 Å². The van der Waals surface area contributed by atoms with Gasteiger partial charge in [-0.3, -0.25) is 14.7 Å². The van der Waals surface area contributed by atoms with Crippen LogP contribution in [0.3, 0.4) is 0 Å². The van der Waals surface area contributed by atoms with Crippen molar-refractivity contribution in [2.75, 3.05) is 40.5 Å². The average molecular weight is 464 g/mol. The second kappa shape index (κ2) is 13.3. The van der Waals surface area contributed by atoms with Crippen molar-refractivity contribution in [2.24, 2.45) is 5.92 Å². The summed E-state index contributed by atoms with van der Waals surface area (Å²) in [4.78, 5) is 19.2. The molecule has 1 N–H and O–H groups in total. The molecule has 0 bridgehead atoms. The number of ether oxygens (including phenoxy) is 3. The maximum Gasteiger partial charge on any atom is 0.246 e. The molecule has 3 rings (SSSR count). The van der Waals surface area contributed by atoms with E-state index in [0.717, 1.165) is 49.7 Å². The van der Waals surface area contributed by atoms with E-state index in [0.29, 0.717) is 12.5 Å². The molecule has 0 spiro atoms. The minimum absolute atomic E-state index is 0. The van der Waals surface area contributed by atoms with Crippen LogP contribution in [-0.4, -0.2) is 56.3 Å². The van der Waals surface area contributed by atoms with Gasteiger partial charge < -0.3 is 19.5 Å². The van der Waals surface area contributed by atoms with Gasteiger partial charge in [0.05, 0.1) is 25.5 Å². The van der Waals surface area contributed by atoms with Crippen LogP contribution < -0.4 is 14.8 Å². The molecule has 1 unspecified atom stereocenters. The topological polar surface area (TPSA) is 72.9 Å². The van der Waals surface area contributed by atoms with E-state index in [-0.39, 0.29) is 31.0 Å². The van der Waals surface area contributed by atoms with Crippen LogP contribution in [-0.2, 0) is 16.1 Å². The molecule has 7 nitrogen and oxygen atoms in total. The second-order valence-electron chi connectivity index (χ2n) is 7.76. The highest BCUT2D eigenvalue weighted by molar-refractivity contribution is 5.85. The summed E-state index contributed by atoms with van der Waals surface area (Å²) < 4.78 is 16.1. The summed E-state index contributed by atoms with van der Waals surface area (Å²) in [7, 11) is 3.20. The summed E-state index contributed by atoms with van der Waals surface area (Å²) in [6.45, 7) is 5.42. The van der Waals surface area contributed by atoms with Crippen LogP contribution in [0, 0.1) is 5.92 Å². The largest absolute Gasteiger partial charge is 0.493 e. The average Bonchev–Trinajstić information content (AvgIpc) is 2.80. The molecule has 1 saturated heterocycles. The van der Waals surface area contributed by atoms with Gasteiger partial charge in [-0.2, -0.15) is 0 Å². The third-order valence-electron chi connectivity index (χ3n) is 5.64. The number of halogens is 1. The number of benzene rings is 1. The minimum Gasteiger partial charge on any atom is -0.493 e. The molecule has 1 aliphatic heterocycles. The molecule has 1 aliphatic rings. The Morgan fingerprint density at radius 1 is 1.19 bits per heavy atom. The fourth-order valence-corrected chi connectivity index (χ4v) is 4.13. The Hall–Kier alpha value is -2.35. The number of piperidine rings is 1. The molecule has 1 amide bonds. The van der Waals surface area contributed by atoms with E-state index in [2.05, 4.69) is 27.3 Å². The van der Waals surface area contributed by atoms with Crippen molar-refractivity contribution in [1.82, 2.24) is 15.2 Å². The summed E-state index contributed by atoms with van der Waals surface area (Å²) in [5.74, 6) is 1.77. The maximum absolute atomic E-state index is 12.2. The quantitative estimate of drug-likeness (QED) is 0.580. The van der Waals surface area contributed by atoms with Crippen molar-refractivity contribution in [3.8, 4) is 11.5 Å². The number of methoxy groups -OCH3 is 2. The van der Waals surface area contributed by atoms with Crippen molar-refractivity contribution in [3.05, 3.63) is 53.9 Å². The summed E-state index contributed by atoms with van der Waals surface area (Å²) in [5, 5.41) is 3.13. The van der Waals surface area contributed by atoms with Gasteiger partial charge >= 0.3 is 0 Å². The molecule has 0 saturated carbocycles. The maximum atomic E-state index is 12.2. The van der Waals surface area contributed by atoms with E-state index in [9.17, 15) is 4.79 Å². The monoisotopic (exact) mass is 463 g/mol. The van der Waals surface area contributed by atoms with Crippen LogP contribution in [0.25, 0.3) is 0 Å². The zero-order chi connectivity index (χ0) is 22.1.